The van der Waals surface area contributed by atoms with Crippen molar-refractivity contribution in [1.82, 2.24) is 0 Å². The summed E-state index contributed by atoms with van der Waals surface area (Å²) in [5.41, 5.74) is 0. The van der Waals surface area contributed by atoms with Crippen LogP contribution in [-0.2, 0) is 27.9 Å². The summed E-state index contributed by atoms with van der Waals surface area (Å²) < 4.78 is 34.1. The van der Waals surface area contributed by atoms with Gasteiger partial charge in [0.1, 0.15) is 42.7 Å². The fraction of sp³-hybridized carbons (Fsp3) is 0.933. The number of phosphoric ester groups is 1. The van der Waals surface area contributed by atoms with Crippen molar-refractivity contribution in [2.75, 3.05) is 19.8 Å². The van der Waals surface area contributed by atoms with Crippen molar-refractivity contribution >= 4 is 13.8 Å². The van der Waals surface area contributed by atoms with E-state index < -0.39 is 63.1 Å². The maximum atomic E-state index is 12.8. The van der Waals surface area contributed by atoms with E-state index in [1.54, 1.807) is 0 Å². The van der Waals surface area contributed by atoms with Crippen molar-refractivity contribution in [1.29, 1.82) is 0 Å². The molecule has 1 rings (SSSR count). The molecule has 0 saturated heterocycles. The molecule has 6 unspecified atom stereocenters. The summed E-state index contributed by atoms with van der Waals surface area (Å²) in [5, 5.41) is 50.1. The number of carbonyl (C=O) groups is 1. The van der Waals surface area contributed by atoms with Crippen LogP contribution in [0.5, 0.6) is 0 Å². The summed E-state index contributed by atoms with van der Waals surface area (Å²) in [6.07, 6.45) is 27.2. The summed E-state index contributed by atoms with van der Waals surface area (Å²) in [5.74, 6) is -0.477. The number of phosphoric acid groups is 1. The van der Waals surface area contributed by atoms with Crippen LogP contribution < -0.4 is 0 Å². The fourth-order valence-corrected chi connectivity index (χ4v) is 8.32. The number of carbonyl (C=O) groups excluding carboxylic acids is 1. The third-order valence-electron chi connectivity index (χ3n) is 11.1. The monoisotopic (exact) mass is 851 g/mol. The molecule has 1 aliphatic carbocycles. The van der Waals surface area contributed by atoms with E-state index in [2.05, 4.69) is 26.0 Å². The molecule has 0 bridgehead atoms. The predicted molar refractivity (Wildman–Crippen MR) is 230 cm³/mol. The van der Waals surface area contributed by atoms with Gasteiger partial charge in [-0.15, -0.1) is 0 Å². The molecule has 344 valence electrons. The molecule has 6 atom stereocenters. The van der Waals surface area contributed by atoms with Crippen molar-refractivity contribution in [3.05, 3.63) is 12.2 Å². The molecule has 0 amide bonds. The second-order valence-corrected chi connectivity index (χ2v) is 18.0. The van der Waals surface area contributed by atoms with Crippen LogP contribution in [0.4, 0.5) is 0 Å². The molecule has 0 spiro atoms. The molecule has 0 aromatic carbocycles. The maximum absolute atomic E-state index is 12.8. The number of rotatable bonds is 40. The molecule has 12 nitrogen and oxygen atoms in total. The van der Waals surface area contributed by atoms with E-state index in [1.807, 2.05) is 0 Å². The van der Waals surface area contributed by atoms with Crippen molar-refractivity contribution in [3.8, 4) is 0 Å². The molecular weight excluding hydrogens is 763 g/mol. The van der Waals surface area contributed by atoms with Crippen LogP contribution in [0.25, 0.3) is 0 Å². The molecule has 0 aliphatic heterocycles. The predicted octanol–water partition coefficient (Wildman–Crippen LogP) is 9.53. The van der Waals surface area contributed by atoms with Crippen molar-refractivity contribution < 1.29 is 58.3 Å². The highest BCUT2D eigenvalue weighted by Crippen LogP contribution is 2.47. The minimum absolute atomic E-state index is 0.0724. The molecule has 6 N–H and O–H groups in total. The fourth-order valence-electron chi connectivity index (χ4n) is 7.35. The Labute approximate surface area is 352 Å². The van der Waals surface area contributed by atoms with E-state index in [-0.39, 0.29) is 13.0 Å². The lowest BCUT2D eigenvalue weighted by atomic mass is 9.85. The van der Waals surface area contributed by atoms with Gasteiger partial charge in [-0.3, -0.25) is 13.8 Å². The van der Waals surface area contributed by atoms with Crippen molar-refractivity contribution in [2.24, 2.45) is 0 Å². The van der Waals surface area contributed by atoms with E-state index >= 15 is 0 Å². The highest BCUT2D eigenvalue weighted by atomic mass is 31.2. The molecule has 0 aromatic rings. The van der Waals surface area contributed by atoms with Gasteiger partial charge in [-0.1, -0.05) is 174 Å². The second-order valence-electron chi connectivity index (χ2n) is 16.6. The molecule has 1 aliphatic rings. The Hall–Kier alpha value is -0.920. The van der Waals surface area contributed by atoms with Gasteiger partial charge in [0.15, 0.2) is 0 Å². The summed E-state index contributed by atoms with van der Waals surface area (Å²) >= 11 is 0. The SMILES string of the molecule is CCCCCCCCCC/C=C\CCCCCCCCCCCC(=O)OC(COCCCCCCCCCCCC)COP(=O)(O)OC1C(O)C(O)C(O)C(O)C1O. The van der Waals surface area contributed by atoms with E-state index in [1.165, 1.54) is 141 Å². The normalized spacial score (nSPS) is 22.7. The Morgan fingerprint density at radius 3 is 1.36 bits per heavy atom. The molecular formula is C45H87O12P. The van der Waals surface area contributed by atoms with Crippen LogP contribution >= 0.6 is 7.82 Å². The Morgan fingerprint density at radius 1 is 0.534 bits per heavy atom. The lowest BCUT2D eigenvalue weighted by Gasteiger charge is -2.41. The second kappa shape index (κ2) is 36.7. The maximum Gasteiger partial charge on any atom is 0.472 e. The number of allylic oxidation sites excluding steroid dienone is 2. The molecule has 0 radical (unpaired) electrons. The van der Waals surface area contributed by atoms with E-state index in [0.717, 1.165) is 38.5 Å². The molecule has 1 saturated carbocycles. The summed E-state index contributed by atoms with van der Waals surface area (Å²) in [6.45, 7) is 4.26. The van der Waals surface area contributed by atoms with Crippen molar-refractivity contribution in [3.63, 3.8) is 0 Å². The van der Waals surface area contributed by atoms with Crippen LogP contribution in [0.15, 0.2) is 12.2 Å². The summed E-state index contributed by atoms with van der Waals surface area (Å²) in [4.78, 5) is 23.1. The largest absolute Gasteiger partial charge is 0.472 e. The zero-order chi connectivity index (χ0) is 42.7. The van der Waals surface area contributed by atoms with Crippen molar-refractivity contribution in [2.45, 2.75) is 249 Å². The van der Waals surface area contributed by atoms with E-state index in [0.29, 0.717) is 13.0 Å². The van der Waals surface area contributed by atoms with E-state index in [4.69, 9.17) is 18.5 Å². The zero-order valence-corrected chi connectivity index (χ0v) is 37.5. The number of hydrogen-bond donors (Lipinski definition) is 6. The Bertz CT molecular complexity index is 1020. The molecule has 1 fully saturated rings. The summed E-state index contributed by atoms with van der Waals surface area (Å²) in [7, 11) is -5.01. The van der Waals surface area contributed by atoms with Gasteiger partial charge < -0.3 is 39.9 Å². The number of unbranched alkanes of at least 4 members (excludes halogenated alkanes) is 26. The quantitative estimate of drug-likeness (QED) is 0.0148. The van der Waals surface area contributed by atoms with Crippen LogP contribution in [0.2, 0.25) is 0 Å². The molecule has 0 aromatic heterocycles. The average molecular weight is 851 g/mol. The first-order chi connectivity index (χ1) is 28.0. The first-order valence-electron chi connectivity index (χ1n) is 23.5. The van der Waals surface area contributed by atoms with Gasteiger partial charge in [-0.05, 0) is 38.5 Å². The average Bonchev–Trinajstić information content (AvgIpc) is 3.21. The lowest BCUT2D eigenvalue weighted by Crippen LogP contribution is -2.64. The number of esters is 1. The topological polar surface area (TPSA) is 192 Å². The number of aliphatic hydroxyl groups is 5. The van der Waals surface area contributed by atoms with Crippen LogP contribution in [0.1, 0.15) is 206 Å². The third kappa shape index (κ3) is 28.6. The van der Waals surface area contributed by atoms with Gasteiger partial charge in [0, 0.05) is 13.0 Å². The van der Waals surface area contributed by atoms with Gasteiger partial charge in [-0.2, -0.15) is 0 Å². The van der Waals surface area contributed by atoms with Gasteiger partial charge in [-0.25, -0.2) is 4.57 Å². The van der Waals surface area contributed by atoms with Gasteiger partial charge in [0.2, 0.25) is 0 Å². The number of hydrogen-bond acceptors (Lipinski definition) is 11. The first-order valence-corrected chi connectivity index (χ1v) is 25.0. The number of aliphatic hydroxyl groups excluding tert-OH is 5. The van der Waals surface area contributed by atoms with Crippen LogP contribution in [-0.4, -0.2) is 98.9 Å². The Kier molecular flexibility index (Phi) is 34.9. The highest BCUT2D eigenvalue weighted by Gasteiger charge is 2.51. The van der Waals surface area contributed by atoms with Gasteiger partial charge in [0.05, 0.1) is 13.2 Å². The number of ether oxygens (including phenoxy) is 2. The third-order valence-corrected chi connectivity index (χ3v) is 12.1. The smallest absolute Gasteiger partial charge is 0.457 e. The molecule has 13 heteroatoms. The first kappa shape index (κ1) is 55.1. The Balaban J connectivity index is 2.32. The van der Waals surface area contributed by atoms with Gasteiger partial charge >= 0.3 is 13.8 Å². The molecule has 58 heavy (non-hydrogen) atoms. The zero-order valence-electron chi connectivity index (χ0n) is 36.6. The highest BCUT2D eigenvalue weighted by molar-refractivity contribution is 7.47. The standard InChI is InChI=1S/C45H87O12P/c1-3-5-7-9-11-13-15-16-17-18-19-20-21-22-23-24-25-26-28-30-32-34-39(46)56-38(36-54-35-33-31-29-27-14-12-10-8-6-4-2)37-55-58(52,53)57-45-43(50)41(48)40(47)42(49)44(45)51/h18-19,38,40-45,47-51H,3-17,20-37H2,1-2H3,(H,52,53)/b19-18-. The Morgan fingerprint density at radius 2 is 0.914 bits per heavy atom. The minimum Gasteiger partial charge on any atom is -0.457 e. The van der Waals surface area contributed by atoms with Crippen LogP contribution in [0, 0.1) is 0 Å². The lowest BCUT2D eigenvalue weighted by molar-refractivity contribution is -0.220. The summed E-state index contributed by atoms with van der Waals surface area (Å²) in [6, 6.07) is 0. The van der Waals surface area contributed by atoms with Crippen LogP contribution in [0.3, 0.4) is 0 Å². The molecule has 0 heterocycles. The van der Waals surface area contributed by atoms with Gasteiger partial charge in [0.25, 0.3) is 0 Å². The minimum atomic E-state index is -5.01. The van der Waals surface area contributed by atoms with E-state index in [9.17, 15) is 39.8 Å².